The van der Waals surface area contributed by atoms with Gasteiger partial charge in [-0.25, -0.2) is 8.42 Å². The van der Waals surface area contributed by atoms with E-state index >= 15 is 0 Å². The average Bonchev–Trinajstić information content (AvgIpc) is 2.81. The summed E-state index contributed by atoms with van der Waals surface area (Å²) in [5, 5.41) is 1.23. The van der Waals surface area contributed by atoms with E-state index in [-0.39, 0.29) is 17.3 Å². The van der Waals surface area contributed by atoms with Gasteiger partial charge in [-0.05, 0) is 25.5 Å². The molecule has 0 bridgehead atoms. The van der Waals surface area contributed by atoms with E-state index in [1.165, 1.54) is 5.41 Å². The number of hydrogen-bond acceptors (Lipinski definition) is 4. The van der Waals surface area contributed by atoms with Gasteiger partial charge in [0.15, 0.2) is 6.29 Å². The summed E-state index contributed by atoms with van der Waals surface area (Å²) in [7, 11) is -3.52. The van der Waals surface area contributed by atoms with E-state index in [4.69, 9.17) is 9.47 Å². The predicted octanol–water partition coefficient (Wildman–Crippen LogP) is 3.95. The zero-order valence-electron chi connectivity index (χ0n) is 13.4. The largest absolute Gasteiger partial charge is 0.466 e. The van der Waals surface area contributed by atoms with E-state index in [1.807, 2.05) is 20.8 Å². The van der Waals surface area contributed by atoms with Gasteiger partial charge in [-0.3, -0.25) is 0 Å². The monoisotopic (exact) mass is 324 g/mol. The molecule has 2 rings (SSSR count). The highest BCUT2D eigenvalue weighted by Gasteiger charge is 2.32. The third-order valence-corrected chi connectivity index (χ3v) is 5.07. The molecule has 2 atom stereocenters. The SMILES string of the molecule is CCCC1O/C(=C\S(=O)(=O)c2ccc(C)cc2)C(CCC)O1. The van der Waals surface area contributed by atoms with Crippen molar-refractivity contribution >= 4 is 9.84 Å². The highest BCUT2D eigenvalue weighted by atomic mass is 32.2. The fourth-order valence-electron chi connectivity index (χ4n) is 2.39. The first-order valence-electron chi connectivity index (χ1n) is 7.81. The molecule has 0 spiro atoms. The van der Waals surface area contributed by atoms with Crippen LogP contribution in [0.4, 0.5) is 0 Å². The number of benzene rings is 1. The van der Waals surface area contributed by atoms with Crippen LogP contribution in [0.25, 0.3) is 0 Å². The molecule has 0 radical (unpaired) electrons. The Labute approximate surface area is 133 Å². The summed E-state index contributed by atoms with van der Waals surface area (Å²) in [5.41, 5.74) is 1.03. The van der Waals surface area contributed by atoms with Crippen molar-refractivity contribution in [2.45, 2.75) is 63.7 Å². The molecule has 1 heterocycles. The van der Waals surface area contributed by atoms with Gasteiger partial charge < -0.3 is 9.47 Å². The molecule has 0 saturated carbocycles. The number of sulfone groups is 1. The zero-order valence-corrected chi connectivity index (χ0v) is 14.2. The van der Waals surface area contributed by atoms with Crippen molar-refractivity contribution in [2.75, 3.05) is 0 Å². The third-order valence-electron chi connectivity index (χ3n) is 3.60. The summed E-state index contributed by atoms with van der Waals surface area (Å²) in [6.45, 7) is 6.02. The van der Waals surface area contributed by atoms with Crippen molar-refractivity contribution in [1.29, 1.82) is 0 Å². The molecule has 0 amide bonds. The standard InChI is InChI=1S/C17H24O4S/c1-4-6-15-16(21-17(20-15)7-5-2)12-22(18,19)14-10-8-13(3)9-11-14/h8-12,15,17H,4-7H2,1-3H3/b16-12-. The van der Waals surface area contributed by atoms with Crippen molar-refractivity contribution in [3.8, 4) is 0 Å². The van der Waals surface area contributed by atoms with Gasteiger partial charge in [-0.1, -0.05) is 44.4 Å². The van der Waals surface area contributed by atoms with E-state index in [0.717, 1.165) is 31.2 Å². The van der Waals surface area contributed by atoms with Crippen molar-refractivity contribution in [2.24, 2.45) is 0 Å². The molecule has 5 heteroatoms. The molecule has 1 aromatic carbocycles. The van der Waals surface area contributed by atoms with Gasteiger partial charge in [0.2, 0.25) is 9.84 Å². The summed E-state index contributed by atoms with van der Waals surface area (Å²) in [4.78, 5) is 0.281. The lowest BCUT2D eigenvalue weighted by molar-refractivity contribution is -0.0586. The van der Waals surface area contributed by atoms with E-state index in [0.29, 0.717) is 5.76 Å². The van der Waals surface area contributed by atoms with Crippen LogP contribution in [0.5, 0.6) is 0 Å². The van der Waals surface area contributed by atoms with Crippen LogP contribution in [0.1, 0.15) is 45.1 Å². The van der Waals surface area contributed by atoms with Gasteiger partial charge >= 0.3 is 0 Å². The lowest BCUT2D eigenvalue weighted by Crippen LogP contribution is -2.11. The van der Waals surface area contributed by atoms with E-state index in [1.54, 1.807) is 24.3 Å². The molecule has 22 heavy (non-hydrogen) atoms. The summed E-state index contributed by atoms with van der Waals surface area (Å²) in [6, 6.07) is 6.83. The van der Waals surface area contributed by atoms with Gasteiger partial charge in [0.05, 0.1) is 10.3 Å². The Morgan fingerprint density at radius 2 is 1.73 bits per heavy atom. The fourth-order valence-corrected chi connectivity index (χ4v) is 3.56. The molecule has 4 nitrogen and oxygen atoms in total. The molecule has 0 aliphatic carbocycles. The van der Waals surface area contributed by atoms with Crippen LogP contribution in [0.3, 0.4) is 0 Å². The second-order valence-corrected chi connectivity index (χ2v) is 7.42. The van der Waals surface area contributed by atoms with E-state index in [2.05, 4.69) is 0 Å². The highest BCUT2D eigenvalue weighted by Crippen LogP contribution is 2.30. The number of ether oxygens (including phenoxy) is 2. The maximum absolute atomic E-state index is 12.5. The van der Waals surface area contributed by atoms with Crippen LogP contribution in [0, 0.1) is 6.92 Å². The van der Waals surface area contributed by atoms with Crippen LogP contribution >= 0.6 is 0 Å². The Morgan fingerprint density at radius 1 is 1.09 bits per heavy atom. The van der Waals surface area contributed by atoms with Crippen molar-refractivity contribution in [3.05, 3.63) is 41.0 Å². The second-order valence-electron chi connectivity index (χ2n) is 5.63. The maximum atomic E-state index is 12.5. The molecular weight excluding hydrogens is 300 g/mol. The smallest absolute Gasteiger partial charge is 0.203 e. The molecule has 122 valence electrons. The quantitative estimate of drug-likeness (QED) is 0.795. The number of rotatable bonds is 6. The minimum Gasteiger partial charge on any atom is -0.466 e. The van der Waals surface area contributed by atoms with Crippen LogP contribution in [-0.2, 0) is 19.3 Å². The summed E-state index contributed by atoms with van der Waals surface area (Å²) in [6.07, 6.45) is 2.77. The Morgan fingerprint density at radius 3 is 2.32 bits per heavy atom. The van der Waals surface area contributed by atoms with E-state index < -0.39 is 9.84 Å². The maximum Gasteiger partial charge on any atom is 0.203 e. The van der Waals surface area contributed by atoms with Crippen LogP contribution in [-0.4, -0.2) is 20.8 Å². The second kappa shape index (κ2) is 7.29. The number of hydrogen-bond donors (Lipinski definition) is 0. The molecular formula is C17H24O4S. The molecule has 1 aromatic rings. The lowest BCUT2D eigenvalue weighted by atomic mass is 10.2. The van der Waals surface area contributed by atoms with Gasteiger partial charge in [-0.2, -0.15) is 0 Å². The molecule has 2 unspecified atom stereocenters. The van der Waals surface area contributed by atoms with Crippen molar-refractivity contribution < 1.29 is 17.9 Å². The summed E-state index contributed by atoms with van der Waals surface area (Å²) in [5.74, 6) is 0.431. The van der Waals surface area contributed by atoms with Gasteiger partial charge in [0.1, 0.15) is 11.9 Å². The molecule has 1 saturated heterocycles. The van der Waals surface area contributed by atoms with Gasteiger partial charge in [0, 0.05) is 6.42 Å². The first-order chi connectivity index (χ1) is 10.5. The topological polar surface area (TPSA) is 52.6 Å². The zero-order chi connectivity index (χ0) is 16.2. The van der Waals surface area contributed by atoms with Crippen LogP contribution in [0.15, 0.2) is 40.3 Å². The van der Waals surface area contributed by atoms with Gasteiger partial charge in [-0.15, -0.1) is 0 Å². The van der Waals surface area contributed by atoms with E-state index in [9.17, 15) is 8.42 Å². The Balaban J connectivity index is 2.26. The molecule has 1 fully saturated rings. The number of aryl methyl sites for hydroxylation is 1. The van der Waals surface area contributed by atoms with Crippen LogP contribution in [0.2, 0.25) is 0 Å². The lowest BCUT2D eigenvalue weighted by Gasteiger charge is -2.07. The Kier molecular flexibility index (Phi) is 5.64. The first kappa shape index (κ1) is 17.0. The Bertz CT molecular complexity index is 617. The summed E-state index contributed by atoms with van der Waals surface area (Å²) < 4.78 is 36.5. The van der Waals surface area contributed by atoms with Crippen molar-refractivity contribution in [1.82, 2.24) is 0 Å². The minimum absolute atomic E-state index is 0.262. The molecule has 0 N–H and O–H groups in total. The van der Waals surface area contributed by atoms with Crippen LogP contribution < -0.4 is 0 Å². The Hall–Kier alpha value is -1.33. The first-order valence-corrected chi connectivity index (χ1v) is 9.36. The summed E-state index contributed by atoms with van der Waals surface area (Å²) >= 11 is 0. The fraction of sp³-hybridized carbons (Fsp3) is 0.529. The predicted molar refractivity (Wildman–Crippen MR) is 86.0 cm³/mol. The average molecular weight is 324 g/mol. The van der Waals surface area contributed by atoms with Crippen molar-refractivity contribution in [3.63, 3.8) is 0 Å². The normalized spacial score (nSPS) is 23.7. The molecule has 0 aromatic heterocycles. The highest BCUT2D eigenvalue weighted by molar-refractivity contribution is 7.94. The minimum atomic E-state index is -3.52. The van der Waals surface area contributed by atoms with Gasteiger partial charge in [0.25, 0.3) is 0 Å². The third kappa shape index (κ3) is 4.11. The molecule has 1 aliphatic rings. The molecule has 1 aliphatic heterocycles.